The lowest BCUT2D eigenvalue weighted by molar-refractivity contribution is -0.167. The molecule has 0 bridgehead atoms. The van der Waals surface area contributed by atoms with Crippen molar-refractivity contribution in [2.24, 2.45) is 0 Å². The second-order valence-corrected chi connectivity index (χ2v) is 22.7. The van der Waals surface area contributed by atoms with Crippen LogP contribution < -0.4 is 0 Å². The zero-order chi connectivity index (χ0) is 57.8. The SMILES string of the molecule is CC/C=C\C/C=C\C/C=C\C/C=C\CCCCCCCCCCCCC(=O)OCC(COC(=O)CCCCCCCCCCCCCCCCCC)OC(=O)CCCCCCCCCCCC/C=C\C/C=C\C/C=C\C/C=C\CC. The van der Waals surface area contributed by atoms with Crippen molar-refractivity contribution in [3.05, 3.63) is 97.2 Å². The molecule has 0 spiro atoms. The molecule has 0 heterocycles. The Kier molecular flexibility index (Phi) is 64.7. The van der Waals surface area contributed by atoms with Gasteiger partial charge in [-0.15, -0.1) is 0 Å². The molecule has 0 radical (unpaired) electrons. The molecule has 0 saturated heterocycles. The van der Waals surface area contributed by atoms with Gasteiger partial charge in [-0.2, -0.15) is 0 Å². The van der Waals surface area contributed by atoms with E-state index in [4.69, 9.17) is 14.2 Å². The van der Waals surface area contributed by atoms with E-state index in [9.17, 15) is 14.4 Å². The van der Waals surface area contributed by atoms with Crippen LogP contribution in [0.2, 0.25) is 0 Å². The second-order valence-electron chi connectivity index (χ2n) is 22.7. The van der Waals surface area contributed by atoms with E-state index in [-0.39, 0.29) is 31.1 Å². The van der Waals surface area contributed by atoms with Crippen molar-refractivity contribution in [1.82, 2.24) is 0 Å². The number of esters is 3. The maximum Gasteiger partial charge on any atom is 0.306 e. The molecule has 1 unspecified atom stereocenters. The summed E-state index contributed by atoms with van der Waals surface area (Å²) in [5, 5.41) is 0. The van der Waals surface area contributed by atoms with Gasteiger partial charge in [-0.3, -0.25) is 14.4 Å². The highest BCUT2D eigenvalue weighted by Crippen LogP contribution is 2.17. The Labute approximate surface area is 496 Å². The zero-order valence-corrected chi connectivity index (χ0v) is 52.8. The quantitative estimate of drug-likeness (QED) is 0.0261. The number of rotatable bonds is 62. The lowest BCUT2D eigenvalue weighted by Gasteiger charge is -2.18. The molecule has 0 saturated carbocycles. The standard InChI is InChI=1S/C74H128O6/c1-4-7-10-13-16-19-22-25-28-31-33-35-37-39-41-43-46-49-52-55-58-61-64-67-73(76)79-70-71(69-78-72(75)66-63-60-57-54-51-48-45-30-27-24-21-18-15-12-9-6-3)80-74(77)68-65-62-59-56-53-50-47-44-42-40-38-36-34-32-29-26-23-20-17-14-11-8-5-2/h7-8,10-11,16-17,19-20,25-26,28-29,33-36,71H,4-6,9,12-15,18,21-24,27,30-32,37-70H2,1-3H3/b10-7-,11-8-,19-16-,20-17-,28-25-,29-26-,35-33-,36-34-. The van der Waals surface area contributed by atoms with E-state index in [1.54, 1.807) is 0 Å². The molecule has 0 amide bonds. The van der Waals surface area contributed by atoms with Crippen molar-refractivity contribution in [2.75, 3.05) is 13.2 Å². The average Bonchev–Trinajstić information content (AvgIpc) is 3.46. The van der Waals surface area contributed by atoms with Crippen LogP contribution in [0.5, 0.6) is 0 Å². The van der Waals surface area contributed by atoms with Gasteiger partial charge in [0.15, 0.2) is 6.10 Å². The van der Waals surface area contributed by atoms with Gasteiger partial charge in [0.2, 0.25) is 0 Å². The minimum atomic E-state index is -0.783. The van der Waals surface area contributed by atoms with E-state index in [0.29, 0.717) is 19.3 Å². The first-order chi connectivity index (χ1) is 39.5. The van der Waals surface area contributed by atoms with Gasteiger partial charge < -0.3 is 14.2 Å². The number of hydrogen-bond acceptors (Lipinski definition) is 6. The smallest absolute Gasteiger partial charge is 0.306 e. The first-order valence-corrected chi connectivity index (χ1v) is 34.2. The van der Waals surface area contributed by atoms with E-state index in [0.717, 1.165) is 109 Å². The Morgan fingerprint density at radius 3 is 0.762 bits per heavy atom. The Hall–Kier alpha value is -3.67. The number of allylic oxidation sites excluding steroid dienone is 16. The highest BCUT2D eigenvalue weighted by Gasteiger charge is 2.19. The van der Waals surface area contributed by atoms with E-state index in [1.165, 1.54) is 186 Å². The fraction of sp³-hybridized carbons (Fsp3) is 0.743. The Bertz CT molecular complexity index is 1560. The van der Waals surface area contributed by atoms with Crippen LogP contribution in [0.3, 0.4) is 0 Å². The summed E-state index contributed by atoms with van der Waals surface area (Å²) in [4.78, 5) is 38.5. The lowest BCUT2D eigenvalue weighted by Crippen LogP contribution is -2.30. The topological polar surface area (TPSA) is 78.9 Å². The van der Waals surface area contributed by atoms with E-state index < -0.39 is 6.10 Å². The molecule has 0 aromatic carbocycles. The normalized spacial score (nSPS) is 12.7. The van der Waals surface area contributed by atoms with E-state index in [2.05, 4.69) is 118 Å². The molecule has 0 fully saturated rings. The predicted octanol–water partition coefficient (Wildman–Crippen LogP) is 23.6. The number of hydrogen-bond donors (Lipinski definition) is 0. The molecule has 6 nitrogen and oxygen atoms in total. The molecule has 0 rings (SSSR count). The summed E-state index contributed by atoms with van der Waals surface area (Å²) in [6.07, 6.45) is 91.3. The fourth-order valence-electron chi connectivity index (χ4n) is 9.78. The minimum Gasteiger partial charge on any atom is -0.462 e. The Balaban J connectivity index is 4.36. The van der Waals surface area contributed by atoms with Gasteiger partial charge in [0.05, 0.1) is 0 Å². The molecule has 80 heavy (non-hydrogen) atoms. The molecular formula is C74H128O6. The summed E-state index contributed by atoms with van der Waals surface area (Å²) in [6.45, 7) is 6.46. The second kappa shape index (κ2) is 67.8. The summed E-state index contributed by atoms with van der Waals surface area (Å²) in [7, 11) is 0. The van der Waals surface area contributed by atoms with Crippen molar-refractivity contribution in [3.63, 3.8) is 0 Å². The molecule has 0 aliphatic rings. The van der Waals surface area contributed by atoms with Gasteiger partial charge in [0, 0.05) is 19.3 Å². The largest absolute Gasteiger partial charge is 0.462 e. The zero-order valence-electron chi connectivity index (χ0n) is 52.8. The van der Waals surface area contributed by atoms with Gasteiger partial charge in [-0.25, -0.2) is 0 Å². The Morgan fingerprint density at radius 2 is 0.487 bits per heavy atom. The van der Waals surface area contributed by atoms with E-state index >= 15 is 0 Å². The van der Waals surface area contributed by atoms with Gasteiger partial charge >= 0.3 is 17.9 Å². The average molecular weight is 1110 g/mol. The monoisotopic (exact) mass is 1110 g/mol. The highest BCUT2D eigenvalue weighted by atomic mass is 16.6. The summed E-state index contributed by atoms with van der Waals surface area (Å²) in [5.41, 5.74) is 0. The van der Waals surface area contributed by atoms with Crippen LogP contribution >= 0.6 is 0 Å². The molecular weight excluding hydrogens is 985 g/mol. The van der Waals surface area contributed by atoms with Crippen molar-refractivity contribution in [2.45, 2.75) is 341 Å². The first kappa shape index (κ1) is 76.3. The molecule has 0 aliphatic heterocycles. The first-order valence-electron chi connectivity index (χ1n) is 34.2. The van der Waals surface area contributed by atoms with Crippen LogP contribution in [-0.4, -0.2) is 37.2 Å². The van der Waals surface area contributed by atoms with Gasteiger partial charge in [0.25, 0.3) is 0 Å². The third kappa shape index (κ3) is 65.1. The summed E-state index contributed by atoms with van der Waals surface area (Å²) < 4.78 is 17.0. The number of ether oxygens (including phenoxy) is 3. The van der Waals surface area contributed by atoms with Crippen LogP contribution in [0.15, 0.2) is 97.2 Å². The van der Waals surface area contributed by atoms with Crippen molar-refractivity contribution in [3.8, 4) is 0 Å². The molecule has 0 N–H and O–H groups in total. The minimum absolute atomic E-state index is 0.0770. The van der Waals surface area contributed by atoms with Crippen LogP contribution in [0, 0.1) is 0 Å². The maximum absolute atomic E-state index is 13.0. The summed E-state index contributed by atoms with van der Waals surface area (Å²) >= 11 is 0. The van der Waals surface area contributed by atoms with Crippen molar-refractivity contribution < 1.29 is 28.6 Å². The molecule has 6 heteroatoms. The summed E-state index contributed by atoms with van der Waals surface area (Å²) in [5.74, 6) is -0.869. The maximum atomic E-state index is 13.0. The van der Waals surface area contributed by atoms with Gasteiger partial charge in [0.1, 0.15) is 13.2 Å². The van der Waals surface area contributed by atoms with E-state index in [1.807, 2.05) is 0 Å². The fourth-order valence-corrected chi connectivity index (χ4v) is 9.78. The Morgan fingerprint density at radius 1 is 0.263 bits per heavy atom. The molecule has 460 valence electrons. The van der Waals surface area contributed by atoms with Crippen molar-refractivity contribution in [1.29, 1.82) is 0 Å². The van der Waals surface area contributed by atoms with Crippen LogP contribution in [0.1, 0.15) is 335 Å². The van der Waals surface area contributed by atoms with Crippen LogP contribution in [-0.2, 0) is 28.6 Å². The third-order valence-electron chi connectivity index (χ3n) is 14.8. The van der Waals surface area contributed by atoms with Crippen molar-refractivity contribution >= 4 is 17.9 Å². The lowest BCUT2D eigenvalue weighted by atomic mass is 10.0. The third-order valence-corrected chi connectivity index (χ3v) is 14.8. The molecule has 0 aromatic rings. The highest BCUT2D eigenvalue weighted by molar-refractivity contribution is 5.71. The predicted molar refractivity (Wildman–Crippen MR) is 348 cm³/mol. The van der Waals surface area contributed by atoms with Crippen LogP contribution in [0.25, 0.3) is 0 Å². The number of carbonyl (C=O) groups is 3. The van der Waals surface area contributed by atoms with Gasteiger partial charge in [-0.1, -0.05) is 317 Å². The molecule has 0 aliphatic carbocycles. The molecule has 0 aromatic heterocycles. The number of unbranched alkanes of at least 4 members (excludes halogenated alkanes) is 35. The number of carbonyl (C=O) groups excluding carboxylic acids is 3. The summed E-state index contributed by atoms with van der Waals surface area (Å²) in [6, 6.07) is 0. The van der Waals surface area contributed by atoms with Gasteiger partial charge in [-0.05, 0) is 96.3 Å². The molecule has 1 atom stereocenters. The van der Waals surface area contributed by atoms with Crippen LogP contribution in [0.4, 0.5) is 0 Å².